The number of aromatic nitrogens is 2. The minimum Gasteiger partial charge on any atom is -0.497 e. The smallest absolute Gasteiger partial charge is 0.242 e. The predicted octanol–water partition coefficient (Wildman–Crippen LogP) is 1.68. The minimum absolute atomic E-state index is 0.0256. The fourth-order valence-corrected chi connectivity index (χ4v) is 4.30. The standard InChI is InChI=1S/C23H27N5O4/c1-14-18-11-20(30)28(13-16-6-4-7-17(10-16)32-3)23(18)26-22(25-14)19-8-5-9-27(19)21(31)12-24-15(2)29/h4,6-7,10,19H,5,8-9,11-13H2,1-3H3,(H,24,29)/t19-/m0/s1. The van der Waals surface area contributed by atoms with Gasteiger partial charge in [-0.05, 0) is 37.5 Å². The van der Waals surface area contributed by atoms with E-state index in [2.05, 4.69) is 10.3 Å². The number of ether oxygens (including phenoxy) is 1. The Morgan fingerprint density at radius 2 is 2.09 bits per heavy atom. The normalized spacial score (nSPS) is 17.5. The average Bonchev–Trinajstić information content (AvgIpc) is 3.38. The van der Waals surface area contributed by atoms with Crippen LogP contribution < -0.4 is 15.0 Å². The van der Waals surface area contributed by atoms with Crippen molar-refractivity contribution in [2.24, 2.45) is 0 Å². The van der Waals surface area contributed by atoms with Crippen LogP contribution in [0.4, 0.5) is 5.82 Å². The number of nitrogens with one attached hydrogen (secondary N) is 1. The summed E-state index contributed by atoms with van der Waals surface area (Å²) in [5.41, 5.74) is 2.53. The van der Waals surface area contributed by atoms with Crippen LogP contribution in [0.25, 0.3) is 0 Å². The van der Waals surface area contributed by atoms with Crippen molar-refractivity contribution in [3.05, 3.63) is 46.9 Å². The number of hydrogen-bond acceptors (Lipinski definition) is 6. The van der Waals surface area contributed by atoms with E-state index in [0.717, 1.165) is 35.4 Å². The van der Waals surface area contributed by atoms with Gasteiger partial charge in [0.2, 0.25) is 17.7 Å². The van der Waals surface area contributed by atoms with Gasteiger partial charge in [-0.1, -0.05) is 12.1 Å². The summed E-state index contributed by atoms with van der Waals surface area (Å²) in [7, 11) is 1.61. The van der Waals surface area contributed by atoms with Gasteiger partial charge in [0.15, 0.2) is 5.82 Å². The summed E-state index contributed by atoms with van der Waals surface area (Å²) in [6, 6.07) is 7.33. The first-order chi connectivity index (χ1) is 15.4. The Balaban J connectivity index is 1.61. The highest BCUT2D eigenvalue weighted by atomic mass is 16.5. The Morgan fingerprint density at radius 1 is 1.28 bits per heavy atom. The van der Waals surface area contributed by atoms with Gasteiger partial charge >= 0.3 is 0 Å². The number of hydrogen-bond donors (Lipinski definition) is 1. The van der Waals surface area contributed by atoms with E-state index in [0.29, 0.717) is 24.7 Å². The molecule has 1 aromatic heterocycles. The summed E-state index contributed by atoms with van der Waals surface area (Å²) < 4.78 is 5.30. The summed E-state index contributed by atoms with van der Waals surface area (Å²) in [6.07, 6.45) is 1.84. The number of aryl methyl sites for hydroxylation is 1. The lowest BCUT2D eigenvalue weighted by Crippen LogP contribution is -2.39. The van der Waals surface area contributed by atoms with Crippen molar-refractivity contribution in [3.8, 4) is 5.75 Å². The summed E-state index contributed by atoms with van der Waals surface area (Å²) in [5, 5.41) is 2.56. The van der Waals surface area contributed by atoms with Crippen molar-refractivity contribution >= 4 is 23.5 Å². The van der Waals surface area contributed by atoms with E-state index in [1.807, 2.05) is 31.2 Å². The van der Waals surface area contributed by atoms with Gasteiger partial charge < -0.3 is 15.0 Å². The number of nitrogens with zero attached hydrogens (tertiary/aromatic N) is 4. The van der Waals surface area contributed by atoms with Crippen molar-refractivity contribution in [3.63, 3.8) is 0 Å². The number of methoxy groups -OCH3 is 1. The number of carbonyl (C=O) groups excluding carboxylic acids is 3. The van der Waals surface area contributed by atoms with Gasteiger partial charge in [-0.15, -0.1) is 0 Å². The molecule has 3 amide bonds. The molecule has 1 saturated heterocycles. The zero-order valence-corrected chi connectivity index (χ0v) is 18.6. The van der Waals surface area contributed by atoms with Gasteiger partial charge in [-0.2, -0.15) is 0 Å². The van der Waals surface area contributed by atoms with E-state index < -0.39 is 0 Å². The van der Waals surface area contributed by atoms with E-state index >= 15 is 0 Å². The van der Waals surface area contributed by atoms with Crippen molar-refractivity contribution in [1.29, 1.82) is 0 Å². The van der Waals surface area contributed by atoms with Crippen LogP contribution in [-0.4, -0.2) is 52.8 Å². The quantitative estimate of drug-likeness (QED) is 0.737. The molecule has 9 heteroatoms. The van der Waals surface area contributed by atoms with Gasteiger partial charge in [-0.25, -0.2) is 9.97 Å². The van der Waals surface area contributed by atoms with Crippen molar-refractivity contribution in [1.82, 2.24) is 20.2 Å². The van der Waals surface area contributed by atoms with Crippen molar-refractivity contribution in [2.75, 3.05) is 25.1 Å². The van der Waals surface area contributed by atoms with E-state index in [1.54, 1.807) is 16.9 Å². The lowest BCUT2D eigenvalue weighted by Gasteiger charge is -2.25. The maximum atomic E-state index is 12.8. The van der Waals surface area contributed by atoms with Crippen LogP contribution in [0.1, 0.15) is 48.5 Å². The topological polar surface area (TPSA) is 105 Å². The molecule has 1 N–H and O–H groups in total. The first-order valence-electron chi connectivity index (χ1n) is 10.7. The molecule has 0 unspecified atom stereocenters. The molecule has 0 aliphatic carbocycles. The van der Waals surface area contributed by atoms with E-state index in [1.165, 1.54) is 6.92 Å². The maximum Gasteiger partial charge on any atom is 0.242 e. The van der Waals surface area contributed by atoms with E-state index in [-0.39, 0.29) is 36.7 Å². The van der Waals surface area contributed by atoms with Gasteiger partial charge in [0, 0.05) is 24.7 Å². The molecular weight excluding hydrogens is 410 g/mol. The maximum absolute atomic E-state index is 12.8. The largest absolute Gasteiger partial charge is 0.497 e. The highest BCUT2D eigenvalue weighted by molar-refractivity contribution is 6.00. The number of carbonyl (C=O) groups is 3. The lowest BCUT2D eigenvalue weighted by atomic mass is 10.1. The van der Waals surface area contributed by atoms with Crippen LogP contribution in [0.2, 0.25) is 0 Å². The zero-order valence-electron chi connectivity index (χ0n) is 18.6. The third kappa shape index (κ3) is 4.28. The number of rotatable bonds is 6. The molecule has 3 heterocycles. The van der Waals surface area contributed by atoms with Crippen LogP contribution in [0.3, 0.4) is 0 Å². The first-order valence-corrected chi connectivity index (χ1v) is 10.7. The van der Waals surface area contributed by atoms with Crippen molar-refractivity contribution < 1.29 is 19.1 Å². The number of likely N-dealkylation sites (tertiary alicyclic amines) is 1. The zero-order chi connectivity index (χ0) is 22.8. The predicted molar refractivity (Wildman–Crippen MR) is 117 cm³/mol. The van der Waals surface area contributed by atoms with Crippen LogP contribution in [0.15, 0.2) is 24.3 Å². The molecule has 2 aromatic rings. The van der Waals surface area contributed by atoms with Crippen molar-refractivity contribution in [2.45, 2.75) is 45.7 Å². The molecule has 32 heavy (non-hydrogen) atoms. The van der Waals surface area contributed by atoms with Gasteiger partial charge in [0.1, 0.15) is 11.6 Å². The number of fused-ring (bicyclic) bond motifs is 1. The molecule has 2 aliphatic heterocycles. The average molecular weight is 438 g/mol. The minimum atomic E-state index is -0.269. The van der Waals surface area contributed by atoms with Crippen LogP contribution in [0.5, 0.6) is 5.75 Å². The third-order valence-corrected chi connectivity index (χ3v) is 5.93. The Bertz CT molecular complexity index is 1070. The SMILES string of the molecule is COc1cccc(CN2C(=O)Cc3c(C)nc([C@@H]4CCCN4C(=O)CNC(C)=O)nc32)c1. The molecule has 9 nitrogen and oxygen atoms in total. The second-order valence-corrected chi connectivity index (χ2v) is 8.13. The number of benzene rings is 1. The third-order valence-electron chi connectivity index (χ3n) is 5.93. The number of amides is 3. The molecule has 0 spiro atoms. The molecule has 0 saturated carbocycles. The van der Waals surface area contributed by atoms with Gasteiger partial charge in [0.25, 0.3) is 0 Å². The van der Waals surface area contributed by atoms with Crippen LogP contribution >= 0.6 is 0 Å². The molecule has 0 radical (unpaired) electrons. The molecule has 1 aromatic carbocycles. The fourth-order valence-electron chi connectivity index (χ4n) is 4.30. The molecule has 1 atom stereocenters. The molecule has 168 valence electrons. The van der Waals surface area contributed by atoms with E-state index in [9.17, 15) is 14.4 Å². The molecule has 4 rings (SSSR count). The highest BCUT2D eigenvalue weighted by Crippen LogP contribution is 2.35. The Labute approximate surface area is 186 Å². The summed E-state index contributed by atoms with van der Waals surface area (Å²) in [4.78, 5) is 49.5. The van der Waals surface area contributed by atoms with Crippen LogP contribution in [-0.2, 0) is 27.3 Å². The molecule has 2 aliphatic rings. The lowest BCUT2D eigenvalue weighted by molar-refractivity contribution is -0.133. The van der Waals surface area contributed by atoms with Crippen LogP contribution in [0, 0.1) is 6.92 Å². The number of anilines is 1. The fraction of sp³-hybridized carbons (Fsp3) is 0.435. The highest BCUT2D eigenvalue weighted by Gasteiger charge is 2.36. The van der Waals surface area contributed by atoms with E-state index in [4.69, 9.17) is 9.72 Å². The Hall–Kier alpha value is -3.49. The Morgan fingerprint density at radius 3 is 2.84 bits per heavy atom. The molecule has 0 bridgehead atoms. The first kappa shape index (κ1) is 21.7. The summed E-state index contributed by atoms with van der Waals surface area (Å²) in [6.45, 7) is 4.19. The summed E-state index contributed by atoms with van der Waals surface area (Å²) >= 11 is 0. The van der Waals surface area contributed by atoms with Gasteiger partial charge in [-0.3, -0.25) is 19.3 Å². The second kappa shape index (κ2) is 8.94. The Kier molecular flexibility index (Phi) is 6.07. The second-order valence-electron chi connectivity index (χ2n) is 8.13. The molecule has 1 fully saturated rings. The van der Waals surface area contributed by atoms with Gasteiger partial charge in [0.05, 0.1) is 32.7 Å². The monoisotopic (exact) mass is 437 g/mol. The summed E-state index contributed by atoms with van der Waals surface area (Å²) in [5.74, 6) is 1.46. The molecular formula is C23H27N5O4.